The zero-order valence-corrected chi connectivity index (χ0v) is 10.9. The van der Waals surface area contributed by atoms with Crippen molar-refractivity contribution in [3.63, 3.8) is 0 Å². The average molecular weight is 245 g/mol. The minimum atomic E-state index is 0.0541. The highest BCUT2D eigenvalue weighted by molar-refractivity contribution is 5.98. The zero-order chi connectivity index (χ0) is 12.8. The Morgan fingerprint density at radius 2 is 2.22 bits per heavy atom. The molecule has 1 fully saturated rings. The van der Waals surface area contributed by atoms with Crippen LogP contribution in [-0.4, -0.2) is 31.3 Å². The number of ether oxygens (including phenoxy) is 1. The normalized spacial score (nSPS) is 30.4. The maximum Gasteiger partial charge on any atom is 0.196 e. The molecule has 1 aliphatic heterocycles. The summed E-state index contributed by atoms with van der Waals surface area (Å²) < 4.78 is 5.40. The van der Waals surface area contributed by atoms with Gasteiger partial charge in [0.05, 0.1) is 18.2 Å². The van der Waals surface area contributed by atoms with E-state index in [0.29, 0.717) is 12.1 Å². The molecular formula is C14H19N3O. The van der Waals surface area contributed by atoms with Crippen molar-refractivity contribution in [3.8, 4) is 0 Å². The number of aryl methyl sites for hydroxylation is 1. The third-order valence-corrected chi connectivity index (χ3v) is 4.05. The van der Waals surface area contributed by atoms with Crippen molar-refractivity contribution in [2.24, 2.45) is 10.7 Å². The first-order valence-electron chi connectivity index (χ1n) is 6.34. The topological polar surface area (TPSA) is 50.9 Å². The molecule has 0 bridgehead atoms. The molecular weight excluding hydrogens is 226 g/mol. The van der Waals surface area contributed by atoms with Gasteiger partial charge in [-0.15, -0.1) is 0 Å². The van der Waals surface area contributed by atoms with Crippen molar-refractivity contribution in [2.45, 2.75) is 31.4 Å². The van der Waals surface area contributed by atoms with E-state index >= 15 is 0 Å². The van der Waals surface area contributed by atoms with E-state index in [0.717, 1.165) is 25.1 Å². The number of rotatable bonds is 2. The Bertz CT molecular complexity index is 492. The molecule has 0 unspecified atom stereocenters. The molecule has 2 N–H and O–H groups in total. The number of aliphatic imine (C=N–C) groups is 1. The smallest absolute Gasteiger partial charge is 0.196 e. The van der Waals surface area contributed by atoms with Crippen molar-refractivity contribution >= 4 is 11.6 Å². The van der Waals surface area contributed by atoms with E-state index in [1.165, 1.54) is 5.56 Å². The van der Waals surface area contributed by atoms with Crippen molar-refractivity contribution in [2.75, 3.05) is 18.6 Å². The molecule has 4 nitrogen and oxygen atoms in total. The molecule has 0 amide bonds. The van der Waals surface area contributed by atoms with Gasteiger partial charge in [0.2, 0.25) is 0 Å². The lowest BCUT2D eigenvalue weighted by Crippen LogP contribution is -2.61. The zero-order valence-electron chi connectivity index (χ0n) is 10.9. The van der Waals surface area contributed by atoms with Gasteiger partial charge in [0.1, 0.15) is 0 Å². The number of hydrogen-bond donors (Lipinski definition) is 1. The van der Waals surface area contributed by atoms with E-state index < -0.39 is 0 Å². The first-order valence-corrected chi connectivity index (χ1v) is 6.34. The summed E-state index contributed by atoms with van der Waals surface area (Å²) in [4.78, 5) is 6.62. The van der Waals surface area contributed by atoms with E-state index in [2.05, 4.69) is 41.1 Å². The molecule has 1 aromatic rings. The predicted octanol–water partition coefficient (Wildman–Crippen LogP) is 1.68. The summed E-state index contributed by atoms with van der Waals surface area (Å²) in [5.41, 5.74) is 8.50. The molecule has 2 aliphatic rings. The van der Waals surface area contributed by atoms with Gasteiger partial charge in [-0.3, -0.25) is 4.99 Å². The van der Waals surface area contributed by atoms with Crippen molar-refractivity contribution in [3.05, 3.63) is 29.8 Å². The maximum atomic E-state index is 6.07. The Labute approximate surface area is 107 Å². The molecule has 1 spiro atoms. The number of anilines is 1. The second-order valence-corrected chi connectivity index (χ2v) is 5.34. The number of benzene rings is 1. The van der Waals surface area contributed by atoms with Crippen LogP contribution in [0.15, 0.2) is 29.3 Å². The van der Waals surface area contributed by atoms with E-state index in [4.69, 9.17) is 10.5 Å². The third kappa shape index (κ3) is 1.60. The Morgan fingerprint density at radius 3 is 2.89 bits per heavy atom. The minimum Gasteiger partial charge on any atom is -0.381 e. The highest BCUT2D eigenvalue weighted by atomic mass is 16.5. The van der Waals surface area contributed by atoms with Crippen LogP contribution < -0.4 is 10.6 Å². The second-order valence-electron chi connectivity index (χ2n) is 5.34. The standard InChI is InChI=1S/C14H19N3O/c1-10-4-3-5-11(6-10)17-13(15)16-9-14(17)7-12(8-14)18-2/h3-6,12H,7-9H2,1-2H3,(H2,15,16). The Hall–Kier alpha value is -1.55. The fourth-order valence-corrected chi connectivity index (χ4v) is 3.05. The SMILES string of the molecule is COC1CC2(CN=C(N)N2c2cccc(C)c2)C1. The molecule has 1 saturated carbocycles. The van der Waals surface area contributed by atoms with Crippen LogP contribution in [0.5, 0.6) is 0 Å². The monoisotopic (exact) mass is 245 g/mol. The molecule has 96 valence electrons. The van der Waals surface area contributed by atoms with E-state index in [1.807, 2.05) is 0 Å². The van der Waals surface area contributed by atoms with Gasteiger partial charge in [0, 0.05) is 12.8 Å². The average Bonchev–Trinajstić information content (AvgIpc) is 2.64. The Kier molecular flexibility index (Phi) is 2.55. The minimum absolute atomic E-state index is 0.0541. The van der Waals surface area contributed by atoms with Crippen LogP contribution in [0.2, 0.25) is 0 Å². The largest absolute Gasteiger partial charge is 0.381 e. The van der Waals surface area contributed by atoms with Gasteiger partial charge in [-0.2, -0.15) is 0 Å². The number of methoxy groups -OCH3 is 1. The highest BCUT2D eigenvalue weighted by Gasteiger charge is 2.53. The second kappa shape index (κ2) is 3.99. The predicted molar refractivity (Wildman–Crippen MR) is 72.9 cm³/mol. The summed E-state index contributed by atoms with van der Waals surface area (Å²) in [6.07, 6.45) is 2.35. The van der Waals surface area contributed by atoms with Gasteiger partial charge < -0.3 is 15.4 Å². The van der Waals surface area contributed by atoms with Crippen molar-refractivity contribution in [1.29, 1.82) is 0 Å². The Morgan fingerprint density at radius 1 is 1.44 bits per heavy atom. The van der Waals surface area contributed by atoms with E-state index in [-0.39, 0.29) is 5.54 Å². The summed E-state index contributed by atoms with van der Waals surface area (Å²) in [7, 11) is 1.77. The van der Waals surface area contributed by atoms with Crippen LogP contribution in [0.4, 0.5) is 5.69 Å². The quantitative estimate of drug-likeness (QED) is 0.862. The van der Waals surface area contributed by atoms with Gasteiger partial charge >= 0.3 is 0 Å². The van der Waals surface area contributed by atoms with Crippen LogP contribution in [0.3, 0.4) is 0 Å². The van der Waals surface area contributed by atoms with Gasteiger partial charge in [-0.05, 0) is 37.5 Å². The highest BCUT2D eigenvalue weighted by Crippen LogP contribution is 2.44. The summed E-state index contributed by atoms with van der Waals surface area (Å²) in [5.74, 6) is 0.634. The fraction of sp³-hybridized carbons (Fsp3) is 0.500. The lowest BCUT2D eigenvalue weighted by molar-refractivity contribution is -0.00653. The number of nitrogens with zero attached hydrogens (tertiary/aromatic N) is 2. The molecule has 1 heterocycles. The van der Waals surface area contributed by atoms with Gasteiger partial charge in [0.25, 0.3) is 0 Å². The first kappa shape index (κ1) is 11.5. The van der Waals surface area contributed by atoms with Crippen LogP contribution in [0, 0.1) is 6.92 Å². The maximum absolute atomic E-state index is 6.07. The number of hydrogen-bond acceptors (Lipinski definition) is 4. The van der Waals surface area contributed by atoms with Crippen molar-refractivity contribution < 1.29 is 4.74 Å². The summed E-state index contributed by atoms with van der Waals surface area (Å²) >= 11 is 0. The van der Waals surface area contributed by atoms with Crippen LogP contribution in [0.25, 0.3) is 0 Å². The first-order chi connectivity index (χ1) is 8.64. The Balaban J connectivity index is 1.91. The number of nitrogens with two attached hydrogens (primary N) is 1. The molecule has 1 aromatic carbocycles. The van der Waals surface area contributed by atoms with Crippen LogP contribution in [-0.2, 0) is 4.74 Å². The molecule has 0 saturated heterocycles. The molecule has 0 atom stereocenters. The molecule has 4 heteroatoms. The lowest BCUT2D eigenvalue weighted by atomic mass is 9.73. The molecule has 1 aliphatic carbocycles. The lowest BCUT2D eigenvalue weighted by Gasteiger charge is -2.50. The molecule has 3 rings (SSSR count). The molecule has 18 heavy (non-hydrogen) atoms. The van der Waals surface area contributed by atoms with Gasteiger partial charge in [-0.1, -0.05) is 12.1 Å². The molecule has 0 aromatic heterocycles. The fourth-order valence-electron chi connectivity index (χ4n) is 3.05. The molecule has 0 radical (unpaired) electrons. The van der Waals surface area contributed by atoms with Crippen LogP contribution >= 0.6 is 0 Å². The van der Waals surface area contributed by atoms with E-state index in [9.17, 15) is 0 Å². The van der Waals surface area contributed by atoms with Gasteiger partial charge in [0.15, 0.2) is 5.96 Å². The van der Waals surface area contributed by atoms with Crippen molar-refractivity contribution in [1.82, 2.24) is 0 Å². The van der Waals surface area contributed by atoms with E-state index in [1.54, 1.807) is 7.11 Å². The summed E-state index contributed by atoms with van der Waals surface area (Å²) in [6, 6.07) is 8.42. The van der Waals surface area contributed by atoms with Gasteiger partial charge in [-0.25, -0.2) is 0 Å². The summed E-state index contributed by atoms with van der Waals surface area (Å²) in [6.45, 7) is 2.88. The van der Waals surface area contributed by atoms with Crippen LogP contribution in [0.1, 0.15) is 18.4 Å². The third-order valence-electron chi connectivity index (χ3n) is 4.05. The summed E-state index contributed by atoms with van der Waals surface area (Å²) in [5, 5.41) is 0. The number of guanidine groups is 1.